The summed E-state index contributed by atoms with van der Waals surface area (Å²) in [5.41, 5.74) is 0. The molecule has 0 fully saturated rings. The van der Waals surface area contributed by atoms with Gasteiger partial charge in [-0.15, -0.1) is 0 Å². The summed E-state index contributed by atoms with van der Waals surface area (Å²) in [5.74, 6) is 0. The molecular weight excluding hydrogens is 200 g/mol. The first-order valence-electron chi connectivity index (χ1n) is 5.00. The molecule has 14 heavy (non-hydrogen) atoms. The van der Waals surface area contributed by atoms with Crippen molar-refractivity contribution in [3.63, 3.8) is 0 Å². The Labute approximate surface area is 87.9 Å². The molecule has 0 rings (SSSR count). The van der Waals surface area contributed by atoms with Crippen molar-refractivity contribution in [2.45, 2.75) is 26.3 Å². The molecule has 0 bridgehead atoms. The highest BCUT2D eigenvalue weighted by Gasteiger charge is 2.31. The first-order chi connectivity index (χ1) is 6.68. The molecule has 0 amide bonds. The topological polar surface area (TPSA) is 36.9 Å². The van der Waals surface area contributed by atoms with Crippen molar-refractivity contribution < 1.29 is 18.0 Å². The van der Waals surface area contributed by atoms with Gasteiger partial charge in [-0.05, 0) is 19.8 Å². The maximum Gasteiger partial charge on any atom is 0.497 e. The number of hydrogen-bond donors (Lipinski definition) is 0. The van der Waals surface area contributed by atoms with Gasteiger partial charge in [0.1, 0.15) is 0 Å². The normalized spacial score (nSPS) is 12.0. The zero-order valence-corrected chi connectivity index (χ0v) is 10.7. The number of unbranched alkanes of at least 4 members (excludes halogenated alkanes) is 1. The van der Waals surface area contributed by atoms with E-state index in [0.717, 1.165) is 26.1 Å². The van der Waals surface area contributed by atoms with E-state index in [9.17, 15) is 0 Å². The van der Waals surface area contributed by atoms with E-state index in [-0.39, 0.29) is 0 Å². The van der Waals surface area contributed by atoms with E-state index in [1.807, 2.05) is 13.5 Å². The van der Waals surface area contributed by atoms with E-state index in [2.05, 4.69) is 0 Å². The van der Waals surface area contributed by atoms with Gasteiger partial charge >= 0.3 is 8.80 Å². The second-order valence-electron chi connectivity index (χ2n) is 3.02. The zero-order valence-electron chi connectivity index (χ0n) is 9.67. The number of rotatable bonds is 9. The average molecular weight is 222 g/mol. The van der Waals surface area contributed by atoms with Gasteiger partial charge in [0.05, 0.1) is 0 Å². The van der Waals surface area contributed by atoms with E-state index in [0.29, 0.717) is 6.61 Å². The SMILES string of the molecule is CCOCCCCO[Si](C)(OC)OC. The molecule has 0 aliphatic carbocycles. The highest BCUT2D eigenvalue weighted by molar-refractivity contribution is 6.59. The monoisotopic (exact) mass is 222 g/mol. The first kappa shape index (κ1) is 14.1. The van der Waals surface area contributed by atoms with Gasteiger partial charge in [0.25, 0.3) is 0 Å². The Morgan fingerprint density at radius 2 is 1.57 bits per heavy atom. The van der Waals surface area contributed by atoms with E-state index in [4.69, 9.17) is 18.0 Å². The van der Waals surface area contributed by atoms with Gasteiger partial charge in [0.15, 0.2) is 0 Å². The summed E-state index contributed by atoms with van der Waals surface area (Å²) in [6, 6.07) is 0. The minimum Gasteiger partial charge on any atom is -0.382 e. The van der Waals surface area contributed by atoms with Gasteiger partial charge in [-0.1, -0.05) is 0 Å². The van der Waals surface area contributed by atoms with Gasteiger partial charge in [-0.3, -0.25) is 0 Å². The Hall–Kier alpha value is 0.0569. The highest BCUT2D eigenvalue weighted by atomic mass is 28.4. The van der Waals surface area contributed by atoms with Gasteiger partial charge < -0.3 is 18.0 Å². The summed E-state index contributed by atoms with van der Waals surface area (Å²) < 4.78 is 21.1. The zero-order chi connectivity index (χ0) is 10.9. The minimum atomic E-state index is -2.31. The fraction of sp³-hybridized carbons (Fsp3) is 1.00. The number of ether oxygens (including phenoxy) is 1. The molecule has 0 atom stereocenters. The third kappa shape index (κ3) is 6.50. The van der Waals surface area contributed by atoms with Crippen molar-refractivity contribution in [3.8, 4) is 0 Å². The largest absolute Gasteiger partial charge is 0.497 e. The molecule has 0 unspecified atom stereocenters. The third-order valence-electron chi connectivity index (χ3n) is 1.99. The Morgan fingerprint density at radius 1 is 1.00 bits per heavy atom. The van der Waals surface area contributed by atoms with Crippen molar-refractivity contribution in [2.24, 2.45) is 0 Å². The molecule has 86 valence electrons. The van der Waals surface area contributed by atoms with Crippen LogP contribution in [-0.4, -0.2) is 42.8 Å². The van der Waals surface area contributed by atoms with Gasteiger partial charge in [0, 0.05) is 40.6 Å². The molecule has 0 radical (unpaired) electrons. The molecule has 0 aliphatic heterocycles. The van der Waals surface area contributed by atoms with Crippen LogP contribution < -0.4 is 0 Å². The second kappa shape index (κ2) is 8.37. The standard InChI is InChI=1S/C9H22O4Si/c1-5-12-8-6-7-9-13-14(4,10-2)11-3/h5-9H2,1-4H3. The van der Waals surface area contributed by atoms with Crippen LogP contribution in [0.4, 0.5) is 0 Å². The molecule has 5 heteroatoms. The van der Waals surface area contributed by atoms with Crippen molar-refractivity contribution in [1.29, 1.82) is 0 Å². The lowest BCUT2D eigenvalue weighted by Gasteiger charge is -2.21. The van der Waals surface area contributed by atoms with Crippen molar-refractivity contribution in [2.75, 3.05) is 34.0 Å². The van der Waals surface area contributed by atoms with Crippen LogP contribution in [0.25, 0.3) is 0 Å². The van der Waals surface area contributed by atoms with Crippen LogP contribution in [0, 0.1) is 0 Å². The summed E-state index contributed by atoms with van der Waals surface area (Å²) >= 11 is 0. The summed E-state index contributed by atoms with van der Waals surface area (Å²) in [6.45, 7) is 6.14. The van der Waals surface area contributed by atoms with Gasteiger partial charge in [-0.2, -0.15) is 0 Å². The molecule has 4 nitrogen and oxygen atoms in total. The lowest BCUT2D eigenvalue weighted by molar-refractivity contribution is 0.0957. The van der Waals surface area contributed by atoms with Crippen molar-refractivity contribution in [3.05, 3.63) is 0 Å². The Balaban J connectivity index is 3.34. The summed E-state index contributed by atoms with van der Waals surface area (Å²) in [5, 5.41) is 0. The highest BCUT2D eigenvalue weighted by Crippen LogP contribution is 2.07. The fourth-order valence-electron chi connectivity index (χ4n) is 0.909. The molecular formula is C9H22O4Si. The number of hydrogen-bond acceptors (Lipinski definition) is 4. The van der Waals surface area contributed by atoms with Crippen molar-refractivity contribution >= 4 is 8.80 Å². The predicted octanol–water partition coefficient (Wildman–Crippen LogP) is 1.68. The van der Waals surface area contributed by atoms with E-state index in [1.165, 1.54) is 0 Å². The van der Waals surface area contributed by atoms with Crippen LogP contribution in [0.5, 0.6) is 0 Å². The van der Waals surface area contributed by atoms with Crippen LogP contribution in [0.1, 0.15) is 19.8 Å². The summed E-state index contributed by atoms with van der Waals surface area (Å²) in [4.78, 5) is 0. The third-order valence-corrected chi connectivity index (χ3v) is 4.20. The van der Waals surface area contributed by atoms with E-state index < -0.39 is 8.80 Å². The summed E-state index contributed by atoms with van der Waals surface area (Å²) in [7, 11) is 0.935. The van der Waals surface area contributed by atoms with Crippen LogP contribution in [0.15, 0.2) is 0 Å². The quantitative estimate of drug-likeness (QED) is 0.439. The fourth-order valence-corrected chi connectivity index (χ4v) is 1.83. The lowest BCUT2D eigenvalue weighted by Crippen LogP contribution is -2.40. The molecule has 0 aromatic heterocycles. The Kier molecular flexibility index (Phi) is 8.41. The van der Waals surface area contributed by atoms with Crippen LogP contribution >= 0.6 is 0 Å². The molecule has 0 N–H and O–H groups in total. The lowest BCUT2D eigenvalue weighted by atomic mass is 10.3. The molecule has 0 saturated carbocycles. The molecule has 0 aliphatic rings. The maximum atomic E-state index is 5.55. The first-order valence-corrected chi connectivity index (χ1v) is 7.23. The Morgan fingerprint density at radius 3 is 2.07 bits per heavy atom. The van der Waals surface area contributed by atoms with Crippen LogP contribution in [0.3, 0.4) is 0 Å². The van der Waals surface area contributed by atoms with E-state index in [1.54, 1.807) is 14.2 Å². The van der Waals surface area contributed by atoms with Gasteiger partial charge in [0.2, 0.25) is 0 Å². The Bertz CT molecular complexity index is 128. The van der Waals surface area contributed by atoms with Crippen LogP contribution in [-0.2, 0) is 18.0 Å². The van der Waals surface area contributed by atoms with Crippen LogP contribution in [0.2, 0.25) is 6.55 Å². The molecule has 0 heterocycles. The smallest absolute Gasteiger partial charge is 0.382 e. The second-order valence-corrected chi connectivity index (χ2v) is 5.85. The van der Waals surface area contributed by atoms with Crippen molar-refractivity contribution in [1.82, 2.24) is 0 Å². The molecule has 0 aromatic carbocycles. The summed E-state index contributed by atoms with van der Waals surface area (Å²) in [6.07, 6.45) is 2.00. The molecule has 0 saturated heterocycles. The van der Waals surface area contributed by atoms with E-state index >= 15 is 0 Å². The van der Waals surface area contributed by atoms with Gasteiger partial charge in [-0.25, -0.2) is 0 Å². The maximum absolute atomic E-state index is 5.55. The predicted molar refractivity (Wildman–Crippen MR) is 57.3 cm³/mol. The molecule has 0 aromatic rings. The average Bonchev–Trinajstić information content (AvgIpc) is 2.23. The minimum absolute atomic E-state index is 0.678. The molecule has 0 spiro atoms.